The molecule has 4 atom stereocenters. The van der Waals surface area contributed by atoms with E-state index in [0.717, 1.165) is 15.7 Å². The van der Waals surface area contributed by atoms with Crippen LogP contribution in [0.1, 0.15) is 15.9 Å². The molecule has 0 radical (unpaired) electrons. The van der Waals surface area contributed by atoms with Gasteiger partial charge in [-0.05, 0) is 35.9 Å². The molecule has 6 heteroatoms. The van der Waals surface area contributed by atoms with Crippen molar-refractivity contribution in [1.29, 1.82) is 0 Å². The number of Topliss-reactive ketones (excluding diaryl/α,β-unsaturated/α-hetero) is 1. The summed E-state index contributed by atoms with van der Waals surface area (Å²) in [5.41, 5.74) is 2.92. The van der Waals surface area contributed by atoms with Gasteiger partial charge in [0.05, 0.1) is 23.6 Å². The van der Waals surface area contributed by atoms with Crippen LogP contribution in [0.15, 0.2) is 89.4 Å². The summed E-state index contributed by atoms with van der Waals surface area (Å²) in [6.45, 7) is 0. The van der Waals surface area contributed by atoms with Crippen molar-refractivity contribution in [3.8, 4) is 0 Å². The van der Waals surface area contributed by atoms with Crippen LogP contribution in [0.4, 0.5) is 11.4 Å². The first-order chi connectivity index (χ1) is 16.1. The number of benzene rings is 3. The molecular weight excluding hydrogens is 480 g/mol. The lowest BCUT2D eigenvalue weighted by Crippen LogP contribution is -2.48. The van der Waals surface area contributed by atoms with E-state index >= 15 is 0 Å². The van der Waals surface area contributed by atoms with Crippen molar-refractivity contribution in [3.05, 3.63) is 101 Å². The van der Waals surface area contributed by atoms with Crippen LogP contribution in [0, 0.1) is 11.8 Å². The highest BCUT2D eigenvalue weighted by Gasteiger charge is 2.64. The van der Waals surface area contributed by atoms with Gasteiger partial charge in [0.25, 0.3) is 0 Å². The lowest BCUT2D eigenvalue weighted by molar-refractivity contribution is -0.122. The van der Waals surface area contributed by atoms with Crippen molar-refractivity contribution >= 4 is 51.0 Å². The van der Waals surface area contributed by atoms with Crippen LogP contribution in [-0.4, -0.2) is 29.7 Å². The largest absolute Gasteiger partial charge is 0.352 e. The molecule has 3 aliphatic heterocycles. The van der Waals surface area contributed by atoms with Gasteiger partial charge in [-0.15, -0.1) is 0 Å². The molecule has 5 nitrogen and oxygen atoms in total. The Balaban J connectivity index is 1.50. The first kappa shape index (κ1) is 20.1. The number of anilines is 2. The first-order valence-electron chi connectivity index (χ1n) is 10.8. The summed E-state index contributed by atoms with van der Waals surface area (Å²) in [4.78, 5) is 44.5. The van der Waals surface area contributed by atoms with Crippen LogP contribution >= 0.6 is 15.9 Å². The molecule has 0 aliphatic carbocycles. The van der Waals surface area contributed by atoms with Crippen LogP contribution in [0.25, 0.3) is 6.08 Å². The predicted octanol–water partition coefficient (Wildman–Crippen LogP) is 4.72. The molecule has 33 heavy (non-hydrogen) atoms. The topological polar surface area (TPSA) is 57.7 Å². The normalized spacial score (nSPS) is 25.1. The van der Waals surface area contributed by atoms with E-state index in [2.05, 4.69) is 15.9 Å². The zero-order valence-electron chi connectivity index (χ0n) is 17.5. The van der Waals surface area contributed by atoms with E-state index in [1.807, 2.05) is 59.5 Å². The molecule has 0 bridgehead atoms. The average Bonchev–Trinajstić information content (AvgIpc) is 3.33. The van der Waals surface area contributed by atoms with Crippen LogP contribution < -0.4 is 9.80 Å². The molecule has 0 N–H and O–H groups in total. The molecule has 2 fully saturated rings. The minimum atomic E-state index is -0.759. The number of ketones is 1. The highest BCUT2D eigenvalue weighted by atomic mass is 79.9. The van der Waals surface area contributed by atoms with Gasteiger partial charge < -0.3 is 4.90 Å². The van der Waals surface area contributed by atoms with E-state index in [1.54, 1.807) is 36.4 Å². The second-order valence-electron chi connectivity index (χ2n) is 8.53. The molecule has 0 aromatic heterocycles. The fraction of sp³-hybridized carbons (Fsp3) is 0.148. The average molecular weight is 499 g/mol. The number of hydrogen-bond donors (Lipinski definition) is 0. The Kier molecular flexibility index (Phi) is 4.59. The van der Waals surface area contributed by atoms with Gasteiger partial charge in [-0.2, -0.15) is 0 Å². The third kappa shape index (κ3) is 2.94. The summed E-state index contributed by atoms with van der Waals surface area (Å²) in [6, 6.07) is 22.8. The molecule has 6 rings (SSSR count). The first-order valence-corrected chi connectivity index (χ1v) is 11.6. The lowest BCUT2D eigenvalue weighted by atomic mass is 9.86. The fourth-order valence-electron chi connectivity index (χ4n) is 5.43. The van der Waals surface area contributed by atoms with Gasteiger partial charge in [0.2, 0.25) is 11.8 Å². The third-order valence-corrected chi connectivity index (χ3v) is 7.36. The number of carbonyl (C=O) groups excluding carboxylic acids is 3. The lowest BCUT2D eigenvalue weighted by Gasteiger charge is -2.36. The van der Waals surface area contributed by atoms with Gasteiger partial charge in [-0.25, -0.2) is 4.90 Å². The molecule has 2 amide bonds. The maximum Gasteiger partial charge on any atom is 0.240 e. The smallest absolute Gasteiger partial charge is 0.240 e. The van der Waals surface area contributed by atoms with Gasteiger partial charge in [0.15, 0.2) is 5.78 Å². The zero-order chi connectivity index (χ0) is 22.7. The molecule has 3 aromatic carbocycles. The summed E-state index contributed by atoms with van der Waals surface area (Å²) in [7, 11) is 0. The van der Waals surface area contributed by atoms with Gasteiger partial charge in [0.1, 0.15) is 6.04 Å². The van der Waals surface area contributed by atoms with Crippen LogP contribution in [-0.2, 0) is 9.59 Å². The number of nitrogens with zero attached hydrogens (tertiary/aromatic N) is 2. The fourth-order valence-corrected chi connectivity index (χ4v) is 5.70. The Bertz CT molecular complexity index is 1320. The third-order valence-electron chi connectivity index (χ3n) is 6.83. The molecule has 2 saturated heterocycles. The standard InChI is InChI=1S/C27H19BrN2O3/c28-18-11-13-19(14-12-18)29-26(32)22-21-15-10-16-6-4-5-9-20(16)30(21)24(23(22)27(29)33)25(31)17-7-2-1-3-8-17/h1-15,21-24H. The van der Waals surface area contributed by atoms with E-state index in [-0.39, 0.29) is 23.6 Å². The minimum absolute atomic E-state index is 0.142. The second-order valence-corrected chi connectivity index (χ2v) is 9.45. The number of carbonyl (C=O) groups is 3. The molecule has 0 spiro atoms. The quantitative estimate of drug-likeness (QED) is 0.387. The molecular formula is C27H19BrN2O3. The van der Waals surface area contributed by atoms with Crippen molar-refractivity contribution < 1.29 is 14.4 Å². The number of amides is 2. The van der Waals surface area contributed by atoms with Gasteiger partial charge in [0, 0.05) is 15.7 Å². The van der Waals surface area contributed by atoms with Crippen LogP contribution in [0.5, 0.6) is 0 Å². The van der Waals surface area contributed by atoms with E-state index in [4.69, 9.17) is 0 Å². The van der Waals surface area contributed by atoms with Crippen molar-refractivity contribution in [3.63, 3.8) is 0 Å². The van der Waals surface area contributed by atoms with E-state index in [0.29, 0.717) is 11.3 Å². The van der Waals surface area contributed by atoms with Crippen molar-refractivity contribution in [1.82, 2.24) is 0 Å². The summed E-state index contributed by atoms with van der Waals surface area (Å²) >= 11 is 3.40. The van der Waals surface area contributed by atoms with Crippen molar-refractivity contribution in [2.24, 2.45) is 11.8 Å². The van der Waals surface area contributed by atoms with Crippen LogP contribution in [0.3, 0.4) is 0 Å². The Hall–Kier alpha value is -3.51. The highest BCUT2D eigenvalue weighted by Crippen LogP contribution is 2.49. The maximum absolute atomic E-state index is 13.8. The Labute approximate surface area is 199 Å². The Morgan fingerprint density at radius 3 is 2.21 bits per heavy atom. The van der Waals surface area contributed by atoms with Crippen molar-refractivity contribution in [2.75, 3.05) is 9.80 Å². The predicted molar refractivity (Wildman–Crippen MR) is 130 cm³/mol. The SMILES string of the molecule is O=C(c1ccccc1)C1C2C(=O)N(c3ccc(Br)cc3)C(=O)C2C2C=Cc3ccccc3N21. The monoisotopic (exact) mass is 498 g/mol. The van der Waals surface area contributed by atoms with Crippen LogP contribution in [0.2, 0.25) is 0 Å². The molecule has 0 saturated carbocycles. The Morgan fingerprint density at radius 1 is 0.788 bits per heavy atom. The molecule has 4 unspecified atom stereocenters. The number of halogens is 1. The minimum Gasteiger partial charge on any atom is -0.352 e. The number of para-hydroxylation sites is 1. The van der Waals surface area contributed by atoms with Gasteiger partial charge >= 0.3 is 0 Å². The summed E-state index contributed by atoms with van der Waals surface area (Å²) in [5.74, 6) is -2.09. The number of rotatable bonds is 3. The summed E-state index contributed by atoms with van der Waals surface area (Å²) in [5, 5.41) is 0. The van der Waals surface area contributed by atoms with Crippen molar-refractivity contribution in [2.45, 2.75) is 12.1 Å². The molecule has 162 valence electrons. The molecule has 3 heterocycles. The second kappa shape index (κ2) is 7.52. The maximum atomic E-state index is 13.8. The van der Waals surface area contributed by atoms with E-state index in [1.165, 1.54) is 4.90 Å². The van der Waals surface area contributed by atoms with Gasteiger partial charge in [-0.1, -0.05) is 76.6 Å². The zero-order valence-corrected chi connectivity index (χ0v) is 19.1. The molecule has 3 aliphatic rings. The van der Waals surface area contributed by atoms with E-state index < -0.39 is 17.9 Å². The Morgan fingerprint density at radius 2 is 1.45 bits per heavy atom. The number of fused-ring (bicyclic) bond motifs is 5. The van der Waals surface area contributed by atoms with E-state index in [9.17, 15) is 14.4 Å². The summed E-state index contributed by atoms with van der Waals surface area (Å²) < 4.78 is 0.862. The van der Waals surface area contributed by atoms with Gasteiger partial charge in [-0.3, -0.25) is 14.4 Å². The molecule has 3 aromatic rings. The summed E-state index contributed by atoms with van der Waals surface area (Å²) in [6.07, 6.45) is 3.96. The number of hydrogen-bond acceptors (Lipinski definition) is 4. The highest BCUT2D eigenvalue weighted by molar-refractivity contribution is 9.10. The number of imide groups is 1.